The second kappa shape index (κ2) is 11.9. The number of rotatable bonds is 8. The van der Waals surface area contributed by atoms with Crippen LogP contribution in [0.5, 0.6) is 0 Å². The summed E-state index contributed by atoms with van der Waals surface area (Å²) in [4.78, 5) is 15.3. The van der Waals surface area contributed by atoms with Crippen LogP contribution < -0.4 is 4.31 Å². The molecule has 0 atom stereocenters. The lowest BCUT2D eigenvalue weighted by atomic mass is 10.1. The highest BCUT2D eigenvalue weighted by atomic mass is 32.2. The van der Waals surface area contributed by atoms with E-state index in [9.17, 15) is 21.6 Å². The molecule has 0 spiro atoms. The molecule has 0 aromatic heterocycles. The van der Waals surface area contributed by atoms with Crippen LogP contribution >= 0.6 is 0 Å². The van der Waals surface area contributed by atoms with Crippen LogP contribution in [0.2, 0.25) is 0 Å². The van der Waals surface area contributed by atoms with E-state index in [1.54, 1.807) is 108 Å². The highest BCUT2D eigenvalue weighted by Crippen LogP contribution is 2.26. The van der Waals surface area contributed by atoms with Gasteiger partial charge in [-0.1, -0.05) is 66.2 Å². The largest absolute Gasteiger partial charge is 0.336 e. The van der Waals surface area contributed by atoms with Crippen molar-refractivity contribution in [2.75, 3.05) is 30.5 Å². The second-order valence-electron chi connectivity index (χ2n) is 9.87. The summed E-state index contributed by atoms with van der Waals surface area (Å²) in [6.45, 7) is 2.98. The van der Waals surface area contributed by atoms with Crippen molar-refractivity contribution >= 4 is 31.6 Å². The van der Waals surface area contributed by atoms with Gasteiger partial charge in [0.1, 0.15) is 0 Å². The molecule has 0 bridgehead atoms. The van der Waals surface area contributed by atoms with E-state index in [1.807, 2.05) is 13.0 Å². The summed E-state index contributed by atoms with van der Waals surface area (Å²) in [6.07, 6.45) is 0. The van der Waals surface area contributed by atoms with Crippen molar-refractivity contribution in [3.8, 4) is 0 Å². The Morgan fingerprint density at radius 2 is 1.24 bits per heavy atom. The third-order valence-corrected chi connectivity index (χ3v) is 10.8. The van der Waals surface area contributed by atoms with Gasteiger partial charge in [-0.25, -0.2) is 16.8 Å². The van der Waals surface area contributed by atoms with Gasteiger partial charge in [0, 0.05) is 31.7 Å². The van der Waals surface area contributed by atoms with Gasteiger partial charge in [0.25, 0.3) is 15.9 Å². The van der Waals surface area contributed by atoms with E-state index < -0.39 is 20.0 Å². The van der Waals surface area contributed by atoms with Crippen LogP contribution in [0.3, 0.4) is 0 Å². The van der Waals surface area contributed by atoms with Crippen molar-refractivity contribution in [2.45, 2.75) is 23.3 Å². The van der Waals surface area contributed by atoms with Crippen LogP contribution in [-0.2, 0) is 26.6 Å². The number of hydrogen-bond acceptors (Lipinski definition) is 5. The summed E-state index contributed by atoms with van der Waals surface area (Å²) in [7, 11) is -7.45. The zero-order valence-corrected chi connectivity index (χ0v) is 24.3. The molecule has 0 N–H and O–H groups in total. The minimum Gasteiger partial charge on any atom is -0.336 e. The average molecular weight is 590 g/mol. The van der Waals surface area contributed by atoms with Crippen LogP contribution in [-0.4, -0.2) is 58.1 Å². The molecule has 1 saturated heterocycles. The van der Waals surface area contributed by atoms with E-state index in [-0.39, 0.29) is 48.4 Å². The molecule has 0 aliphatic carbocycles. The number of sulfonamides is 2. The van der Waals surface area contributed by atoms with Crippen LogP contribution in [0.4, 0.5) is 5.69 Å². The first-order valence-corrected chi connectivity index (χ1v) is 16.1. The maximum Gasteiger partial charge on any atom is 0.264 e. The Bertz CT molecular complexity index is 1700. The molecule has 212 valence electrons. The van der Waals surface area contributed by atoms with Gasteiger partial charge < -0.3 is 4.90 Å². The van der Waals surface area contributed by atoms with Crippen LogP contribution in [0.1, 0.15) is 21.5 Å². The van der Waals surface area contributed by atoms with Gasteiger partial charge in [-0.15, -0.1) is 0 Å². The molecule has 0 saturated carbocycles. The minimum atomic E-state index is -3.83. The number of carbonyl (C=O) groups is 1. The van der Waals surface area contributed by atoms with Crippen LogP contribution in [0.25, 0.3) is 0 Å². The molecule has 1 aliphatic rings. The standard InChI is InChI=1S/C31H31N3O5S2/c1-25-12-18-30(19-13-25)40(36,37)33-22-20-32(21-23-33)31(35)27-16-14-26(15-17-27)24-34(28-8-4-2-5-9-28)41(38,39)29-10-6-3-7-11-29/h2-19H,20-24H2,1H3. The lowest BCUT2D eigenvalue weighted by molar-refractivity contribution is 0.0698. The Hall–Kier alpha value is -3.99. The molecule has 4 aromatic carbocycles. The molecule has 1 aliphatic heterocycles. The number of piperazine rings is 1. The number of hydrogen-bond donors (Lipinski definition) is 0. The van der Waals surface area contributed by atoms with Gasteiger partial charge >= 0.3 is 0 Å². The zero-order valence-electron chi connectivity index (χ0n) is 22.6. The van der Waals surface area contributed by atoms with Gasteiger partial charge in [0.2, 0.25) is 10.0 Å². The fraction of sp³-hybridized carbons (Fsp3) is 0.194. The Kier molecular flexibility index (Phi) is 8.25. The third kappa shape index (κ3) is 6.19. The molecule has 41 heavy (non-hydrogen) atoms. The van der Waals surface area contributed by atoms with Crippen molar-refractivity contribution < 1.29 is 21.6 Å². The predicted octanol–water partition coefficient (Wildman–Crippen LogP) is 4.54. The van der Waals surface area contributed by atoms with Crippen molar-refractivity contribution in [1.82, 2.24) is 9.21 Å². The topological polar surface area (TPSA) is 95.1 Å². The average Bonchev–Trinajstić information content (AvgIpc) is 3.01. The zero-order chi connectivity index (χ0) is 29.0. The van der Waals surface area contributed by atoms with E-state index >= 15 is 0 Å². The van der Waals surface area contributed by atoms with E-state index in [2.05, 4.69) is 0 Å². The molecule has 0 unspecified atom stereocenters. The molecule has 8 nitrogen and oxygen atoms in total. The fourth-order valence-corrected chi connectivity index (χ4v) is 7.62. The SMILES string of the molecule is Cc1ccc(S(=O)(=O)N2CCN(C(=O)c3ccc(CN(c4ccccc4)S(=O)(=O)c4ccccc4)cc3)CC2)cc1. The third-order valence-electron chi connectivity index (χ3n) is 7.09. The number of amides is 1. The lowest BCUT2D eigenvalue weighted by Crippen LogP contribution is -2.50. The van der Waals surface area contributed by atoms with E-state index in [4.69, 9.17) is 0 Å². The Morgan fingerprint density at radius 3 is 1.83 bits per heavy atom. The second-order valence-corrected chi connectivity index (χ2v) is 13.7. The number of aryl methyl sites for hydroxylation is 1. The summed E-state index contributed by atoms with van der Waals surface area (Å²) < 4.78 is 55.9. The Morgan fingerprint density at radius 1 is 0.683 bits per heavy atom. The van der Waals surface area contributed by atoms with Crippen LogP contribution in [0, 0.1) is 6.92 Å². The van der Waals surface area contributed by atoms with Gasteiger partial charge in [0.05, 0.1) is 22.0 Å². The monoisotopic (exact) mass is 589 g/mol. The van der Waals surface area contributed by atoms with E-state index in [0.717, 1.165) is 11.1 Å². The number of carbonyl (C=O) groups excluding carboxylic acids is 1. The quantitative estimate of drug-likeness (QED) is 0.301. The highest BCUT2D eigenvalue weighted by Gasteiger charge is 2.30. The molecule has 1 heterocycles. The molecule has 5 rings (SSSR count). The lowest BCUT2D eigenvalue weighted by Gasteiger charge is -2.34. The predicted molar refractivity (Wildman–Crippen MR) is 159 cm³/mol. The fourth-order valence-electron chi connectivity index (χ4n) is 4.72. The van der Waals surface area contributed by atoms with Gasteiger partial charge in [0.15, 0.2) is 0 Å². The maximum atomic E-state index is 13.5. The van der Waals surface area contributed by atoms with Crippen molar-refractivity contribution in [1.29, 1.82) is 0 Å². The van der Waals surface area contributed by atoms with Crippen molar-refractivity contribution in [2.24, 2.45) is 0 Å². The van der Waals surface area contributed by atoms with Gasteiger partial charge in [-0.05, 0) is 61.0 Å². The molecular formula is C31H31N3O5S2. The highest BCUT2D eigenvalue weighted by molar-refractivity contribution is 7.92. The minimum absolute atomic E-state index is 0.0885. The smallest absolute Gasteiger partial charge is 0.264 e. The summed E-state index contributed by atoms with van der Waals surface area (Å²) in [6, 6.07) is 30.8. The Balaban J connectivity index is 1.28. The summed E-state index contributed by atoms with van der Waals surface area (Å²) in [5, 5.41) is 0. The summed E-state index contributed by atoms with van der Waals surface area (Å²) in [5.74, 6) is -0.194. The first-order valence-electron chi connectivity index (χ1n) is 13.2. The van der Waals surface area contributed by atoms with Crippen molar-refractivity contribution in [3.05, 3.63) is 126 Å². The normalized spacial score (nSPS) is 14.5. The maximum absolute atomic E-state index is 13.5. The van der Waals surface area contributed by atoms with Gasteiger partial charge in [-0.3, -0.25) is 9.10 Å². The summed E-state index contributed by atoms with van der Waals surface area (Å²) >= 11 is 0. The Labute approximate surface area is 241 Å². The van der Waals surface area contributed by atoms with E-state index in [1.165, 1.54) is 8.61 Å². The molecule has 0 radical (unpaired) electrons. The molecular weight excluding hydrogens is 558 g/mol. The molecule has 4 aromatic rings. The van der Waals surface area contributed by atoms with Crippen molar-refractivity contribution in [3.63, 3.8) is 0 Å². The number of para-hydroxylation sites is 1. The molecule has 10 heteroatoms. The first kappa shape index (κ1) is 28.5. The van der Waals surface area contributed by atoms with Gasteiger partial charge in [-0.2, -0.15) is 4.31 Å². The first-order chi connectivity index (χ1) is 19.7. The molecule has 1 amide bonds. The molecule has 1 fully saturated rings. The van der Waals surface area contributed by atoms with Crippen LogP contribution in [0.15, 0.2) is 119 Å². The number of benzene rings is 4. The summed E-state index contributed by atoms with van der Waals surface area (Å²) in [5.41, 5.74) is 2.70. The van der Waals surface area contributed by atoms with E-state index in [0.29, 0.717) is 11.3 Å². The number of anilines is 1. The number of nitrogens with zero attached hydrogens (tertiary/aromatic N) is 3.